The van der Waals surface area contributed by atoms with Gasteiger partial charge in [-0.15, -0.1) is 0 Å². The lowest BCUT2D eigenvalue weighted by atomic mass is 10.5. The molecular formula is C10H8Cl2N4O2S. The van der Waals surface area contributed by atoms with Crippen molar-refractivity contribution in [3.63, 3.8) is 0 Å². The Morgan fingerprint density at radius 1 is 1.21 bits per heavy atom. The van der Waals surface area contributed by atoms with Gasteiger partial charge in [0, 0.05) is 12.4 Å². The van der Waals surface area contributed by atoms with Crippen molar-refractivity contribution in [3.8, 4) is 0 Å². The Hall–Kier alpha value is -1.57. The number of pyridine rings is 2. The van der Waals surface area contributed by atoms with E-state index in [1.54, 1.807) is 6.07 Å². The molecule has 6 nitrogen and oxygen atoms in total. The van der Waals surface area contributed by atoms with E-state index in [0.29, 0.717) is 0 Å². The van der Waals surface area contributed by atoms with Crippen molar-refractivity contribution in [1.29, 1.82) is 0 Å². The minimum atomic E-state index is -3.87. The van der Waals surface area contributed by atoms with Gasteiger partial charge in [-0.25, -0.2) is 18.4 Å². The largest absolute Gasteiger partial charge is 0.382 e. The second-order valence-electron chi connectivity index (χ2n) is 3.48. The third kappa shape index (κ3) is 3.06. The highest BCUT2D eigenvalue weighted by Gasteiger charge is 2.18. The molecule has 100 valence electrons. The van der Waals surface area contributed by atoms with Gasteiger partial charge < -0.3 is 5.73 Å². The second kappa shape index (κ2) is 5.20. The fourth-order valence-electron chi connectivity index (χ4n) is 1.22. The van der Waals surface area contributed by atoms with E-state index in [9.17, 15) is 8.42 Å². The number of nitrogens with two attached hydrogens (primary N) is 1. The molecular weight excluding hydrogens is 311 g/mol. The van der Waals surface area contributed by atoms with Crippen molar-refractivity contribution in [2.75, 3.05) is 10.5 Å². The highest BCUT2D eigenvalue weighted by Crippen LogP contribution is 2.24. The first-order chi connectivity index (χ1) is 8.90. The summed E-state index contributed by atoms with van der Waals surface area (Å²) < 4.78 is 26.4. The molecule has 0 radical (unpaired) electrons. The molecule has 0 aliphatic heterocycles. The van der Waals surface area contributed by atoms with Crippen LogP contribution in [0.1, 0.15) is 0 Å². The SMILES string of the molecule is Nc1ncc(S(=O)(=O)Nc2ncccc2Cl)cc1Cl. The summed E-state index contributed by atoms with van der Waals surface area (Å²) in [5, 5.41) is 0.232. The number of anilines is 2. The molecule has 0 saturated carbocycles. The van der Waals surface area contributed by atoms with Gasteiger partial charge in [0.1, 0.15) is 10.7 Å². The zero-order chi connectivity index (χ0) is 14.0. The predicted octanol–water partition coefficient (Wildman–Crippen LogP) is 2.17. The van der Waals surface area contributed by atoms with Gasteiger partial charge in [-0.3, -0.25) is 4.72 Å². The minimum absolute atomic E-state index is 0.0251. The highest BCUT2D eigenvalue weighted by atomic mass is 35.5. The standard InChI is InChI=1S/C10H8Cl2N4O2S/c11-7-2-1-3-14-10(7)16-19(17,18)6-4-8(12)9(13)15-5-6/h1-5H,(H2,13,15)(H,14,16). The van der Waals surface area contributed by atoms with Crippen molar-refractivity contribution in [3.05, 3.63) is 40.6 Å². The van der Waals surface area contributed by atoms with Gasteiger partial charge in [-0.1, -0.05) is 23.2 Å². The smallest absolute Gasteiger partial charge is 0.264 e. The zero-order valence-corrected chi connectivity index (χ0v) is 11.7. The molecule has 19 heavy (non-hydrogen) atoms. The lowest BCUT2D eigenvalue weighted by molar-refractivity contribution is 0.600. The Morgan fingerprint density at radius 2 is 1.95 bits per heavy atom. The number of rotatable bonds is 3. The lowest BCUT2D eigenvalue weighted by Gasteiger charge is -2.08. The fourth-order valence-corrected chi connectivity index (χ4v) is 2.68. The lowest BCUT2D eigenvalue weighted by Crippen LogP contribution is -2.14. The molecule has 0 saturated heterocycles. The van der Waals surface area contributed by atoms with Crippen LogP contribution in [0, 0.1) is 0 Å². The van der Waals surface area contributed by atoms with Crippen LogP contribution in [-0.4, -0.2) is 18.4 Å². The molecule has 9 heteroatoms. The Morgan fingerprint density at radius 3 is 2.58 bits per heavy atom. The van der Waals surface area contributed by atoms with Gasteiger partial charge in [0.2, 0.25) is 0 Å². The third-order valence-electron chi connectivity index (χ3n) is 2.14. The average Bonchev–Trinajstić information content (AvgIpc) is 2.35. The number of hydrogen-bond donors (Lipinski definition) is 2. The maximum atomic E-state index is 12.1. The maximum absolute atomic E-state index is 12.1. The molecule has 0 aliphatic rings. The number of hydrogen-bond acceptors (Lipinski definition) is 5. The van der Waals surface area contributed by atoms with Crippen LogP contribution in [0.5, 0.6) is 0 Å². The van der Waals surface area contributed by atoms with Crippen LogP contribution >= 0.6 is 23.2 Å². The maximum Gasteiger partial charge on any atom is 0.264 e. The highest BCUT2D eigenvalue weighted by molar-refractivity contribution is 7.92. The van der Waals surface area contributed by atoms with Crippen LogP contribution in [0.25, 0.3) is 0 Å². The van der Waals surface area contributed by atoms with Crippen molar-refractivity contribution in [1.82, 2.24) is 9.97 Å². The molecule has 0 aromatic carbocycles. The minimum Gasteiger partial charge on any atom is -0.382 e. The zero-order valence-electron chi connectivity index (χ0n) is 9.34. The average molecular weight is 319 g/mol. The second-order valence-corrected chi connectivity index (χ2v) is 5.97. The summed E-state index contributed by atoms with van der Waals surface area (Å²) in [7, 11) is -3.87. The van der Waals surface area contributed by atoms with Gasteiger partial charge in [0.25, 0.3) is 10.0 Å². The van der Waals surface area contributed by atoms with E-state index in [4.69, 9.17) is 28.9 Å². The van der Waals surface area contributed by atoms with Crippen molar-refractivity contribution in [2.24, 2.45) is 0 Å². The number of aromatic nitrogens is 2. The van der Waals surface area contributed by atoms with Crippen molar-refractivity contribution in [2.45, 2.75) is 4.90 Å². The van der Waals surface area contributed by atoms with Gasteiger partial charge in [-0.05, 0) is 18.2 Å². The van der Waals surface area contributed by atoms with Crippen LogP contribution in [0.2, 0.25) is 10.0 Å². The molecule has 2 heterocycles. The summed E-state index contributed by atoms with van der Waals surface area (Å²) in [6.45, 7) is 0. The predicted molar refractivity (Wildman–Crippen MR) is 73.7 cm³/mol. The Balaban J connectivity index is 2.38. The molecule has 2 aromatic rings. The van der Waals surface area contributed by atoms with Crippen LogP contribution in [-0.2, 0) is 10.0 Å². The summed E-state index contributed by atoms with van der Waals surface area (Å²) in [6.07, 6.45) is 2.51. The molecule has 2 rings (SSSR count). The fraction of sp³-hybridized carbons (Fsp3) is 0. The van der Waals surface area contributed by atoms with Crippen molar-refractivity contribution < 1.29 is 8.42 Å². The molecule has 2 aromatic heterocycles. The number of sulfonamides is 1. The summed E-state index contributed by atoms with van der Waals surface area (Å²) in [4.78, 5) is 7.38. The first-order valence-corrected chi connectivity index (χ1v) is 7.18. The number of nitrogen functional groups attached to an aromatic ring is 1. The number of halogens is 2. The molecule has 0 unspecified atom stereocenters. The van der Waals surface area contributed by atoms with Crippen LogP contribution < -0.4 is 10.5 Å². The van der Waals surface area contributed by atoms with E-state index in [2.05, 4.69) is 14.7 Å². The van der Waals surface area contributed by atoms with Gasteiger partial charge >= 0.3 is 0 Å². The van der Waals surface area contributed by atoms with E-state index >= 15 is 0 Å². The number of nitrogens with zero attached hydrogens (tertiary/aromatic N) is 2. The number of nitrogens with one attached hydrogen (secondary N) is 1. The molecule has 0 atom stereocenters. The molecule has 3 N–H and O–H groups in total. The van der Waals surface area contributed by atoms with Gasteiger partial charge in [0.05, 0.1) is 10.0 Å². The summed E-state index contributed by atoms with van der Waals surface area (Å²) >= 11 is 11.6. The summed E-state index contributed by atoms with van der Waals surface area (Å²) in [6, 6.07) is 4.30. The molecule has 0 fully saturated rings. The Bertz CT molecular complexity index is 721. The first-order valence-electron chi connectivity index (χ1n) is 4.94. The van der Waals surface area contributed by atoms with Crippen LogP contribution in [0.4, 0.5) is 11.6 Å². The Labute approximate surface area is 119 Å². The summed E-state index contributed by atoms with van der Waals surface area (Å²) in [5.74, 6) is 0.0774. The van der Waals surface area contributed by atoms with E-state index < -0.39 is 10.0 Å². The van der Waals surface area contributed by atoms with E-state index in [-0.39, 0.29) is 26.6 Å². The van der Waals surface area contributed by atoms with E-state index in [0.717, 1.165) is 6.20 Å². The molecule has 0 bridgehead atoms. The van der Waals surface area contributed by atoms with Crippen LogP contribution in [0.15, 0.2) is 35.5 Å². The van der Waals surface area contributed by atoms with E-state index in [1.807, 2.05) is 0 Å². The quantitative estimate of drug-likeness (QED) is 0.903. The van der Waals surface area contributed by atoms with E-state index in [1.165, 1.54) is 18.3 Å². The molecule has 0 spiro atoms. The van der Waals surface area contributed by atoms with Gasteiger partial charge in [-0.2, -0.15) is 0 Å². The molecule has 0 amide bonds. The van der Waals surface area contributed by atoms with Crippen molar-refractivity contribution >= 4 is 44.9 Å². The monoisotopic (exact) mass is 318 g/mol. The van der Waals surface area contributed by atoms with Crippen LogP contribution in [0.3, 0.4) is 0 Å². The topological polar surface area (TPSA) is 98.0 Å². The first kappa shape index (κ1) is 13.9. The normalized spacial score (nSPS) is 11.3. The Kier molecular flexibility index (Phi) is 3.79. The molecule has 0 aliphatic carbocycles. The van der Waals surface area contributed by atoms with Gasteiger partial charge in [0.15, 0.2) is 5.82 Å². The third-order valence-corrected chi connectivity index (χ3v) is 4.06. The summed E-state index contributed by atoms with van der Waals surface area (Å²) in [5.41, 5.74) is 5.42.